The Morgan fingerprint density at radius 3 is 2.63 bits per heavy atom. The van der Waals surface area contributed by atoms with Gasteiger partial charge in [0.2, 0.25) is 5.95 Å². The molecular formula is C28H28F4N8O. The van der Waals surface area contributed by atoms with Crippen LogP contribution in [0.1, 0.15) is 36.6 Å². The molecule has 2 aliphatic rings. The molecule has 0 saturated carbocycles. The van der Waals surface area contributed by atoms with Crippen LogP contribution in [-0.2, 0) is 10.9 Å². The van der Waals surface area contributed by atoms with Gasteiger partial charge in [-0.3, -0.25) is 9.98 Å². The number of ether oxygens (including phenoxy) is 1. The standard InChI is InChI=1S/C28H28F4N8O/c1-2-18-4-3-5-25(37-18)22-9-8-19(14-23(22)28(30,31)32)36-21-7-6-20(33-15-21)16-35-39-27-34-17-24(29)26(38-27)40-10-12-41-13-11-40/h3,5-9,14-18,36H,2,4,10-13H2,1H3,(H,34,38,39)/b35-16-. The SMILES string of the molecule is CCC1CC=CC(c2ccc(Nc3ccc(/C=N\Nc4ncc(F)c(N5CCOCC5)n4)nc3)cc2C(F)(F)F)=N1. The van der Waals surface area contributed by atoms with Gasteiger partial charge in [-0.15, -0.1) is 0 Å². The average Bonchev–Trinajstić information content (AvgIpc) is 2.99. The molecule has 1 atom stereocenters. The Balaban J connectivity index is 1.25. The summed E-state index contributed by atoms with van der Waals surface area (Å²) in [5, 5.41) is 7.02. The van der Waals surface area contributed by atoms with Gasteiger partial charge >= 0.3 is 6.18 Å². The topological polar surface area (TPSA) is 99.9 Å². The lowest BCUT2D eigenvalue weighted by Crippen LogP contribution is -2.37. The van der Waals surface area contributed by atoms with E-state index in [1.165, 1.54) is 18.5 Å². The van der Waals surface area contributed by atoms with Crippen LogP contribution in [0.3, 0.4) is 0 Å². The molecule has 0 aliphatic carbocycles. The van der Waals surface area contributed by atoms with Crippen LogP contribution in [0.25, 0.3) is 0 Å². The molecule has 0 amide bonds. The number of nitrogens with one attached hydrogen (secondary N) is 2. The third-order valence-electron chi connectivity index (χ3n) is 6.55. The number of pyridine rings is 1. The van der Waals surface area contributed by atoms with Crippen molar-refractivity contribution in [3.63, 3.8) is 0 Å². The van der Waals surface area contributed by atoms with Gasteiger partial charge in [0.15, 0.2) is 11.6 Å². The third kappa shape index (κ3) is 7.04. The smallest absolute Gasteiger partial charge is 0.378 e. The first kappa shape index (κ1) is 28.1. The van der Waals surface area contributed by atoms with E-state index in [1.807, 2.05) is 13.0 Å². The number of hydrogen-bond donors (Lipinski definition) is 2. The first-order valence-electron chi connectivity index (χ1n) is 13.1. The van der Waals surface area contributed by atoms with Crippen molar-refractivity contribution in [2.45, 2.75) is 32.0 Å². The van der Waals surface area contributed by atoms with Gasteiger partial charge in [0.1, 0.15) is 0 Å². The summed E-state index contributed by atoms with van der Waals surface area (Å²) in [5.74, 6) is -0.247. The number of anilines is 4. The van der Waals surface area contributed by atoms with Gasteiger partial charge in [-0.2, -0.15) is 23.3 Å². The highest BCUT2D eigenvalue weighted by atomic mass is 19.4. The summed E-state index contributed by atoms with van der Waals surface area (Å²) in [4.78, 5) is 18.6. The molecule has 0 radical (unpaired) electrons. The zero-order valence-electron chi connectivity index (χ0n) is 22.2. The fourth-order valence-electron chi connectivity index (χ4n) is 4.41. The number of dihydropyridines is 1. The van der Waals surface area contributed by atoms with E-state index in [9.17, 15) is 17.6 Å². The Bertz CT molecular complexity index is 1450. The average molecular weight is 569 g/mol. The van der Waals surface area contributed by atoms with Gasteiger partial charge in [0, 0.05) is 24.3 Å². The highest BCUT2D eigenvalue weighted by molar-refractivity contribution is 6.10. The molecule has 4 heterocycles. The predicted molar refractivity (Wildman–Crippen MR) is 150 cm³/mol. The maximum atomic E-state index is 14.2. The molecule has 5 rings (SSSR count). The highest BCUT2D eigenvalue weighted by Crippen LogP contribution is 2.35. The maximum Gasteiger partial charge on any atom is 0.417 e. The van der Waals surface area contributed by atoms with E-state index in [-0.39, 0.29) is 29.1 Å². The summed E-state index contributed by atoms with van der Waals surface area (Å²) in [6.07, 6.45) is 4.42. The molecule has 3 aromatic rings. The monoisotopic (exact) mass is 568 g/mol. The summed E-state index contributed by atoms with van der Waals surface area (Å²) in [5.41, 5.74) is 3.52. The number of alkyl halides is 3. The molecule has 1 aromatic carbocycles. The molecule has 2 N–H and O–H groups in total. The molecule has 1 unspecified atom stereocenters. The van der Waals surface area contributed by atoms with Crippen molar-refractivity contribution in [1.82, 2.24) is 15.0 Å². The van der Waals surface area contributed by atoms with Crippen molar-refractivity contribution in [2.24, 2.45) is 10.1 Å². The van der Waals surface area contributed by atoms with E-state index in [0.29, 0.717) is 43.4 Å². The second-order valence-electron chi connectivity index (χ2n) is 9.40. The third-order valence-corrected chi connectivity index (χ3v) is 6.55. The van der Waals surface area contributed by atoms with Crippen LogP contribution in [0.4, 0.5) is 40.7 Å². The Labute approximate surface area is 234 Å². The lowest BCUT2D eigenvalue weighted by atomic mass is 9.97. The Morgan fingerprint density at radius 1 is 1.10 bits per heavy atom. The van der Waals surface area contributed by atoms with Gasteiger partial charge in [-0.05, 0) is 43.2 Å². The highest BCUT2D eigenvalue weighted by Gasteiger charge is 2.35. The molecule has 9 nitrogen and oxygen atoms in total. The number of allylic oxidation sites excluding steroid dienone is 1. The van der Waals surface area contributed by atoms with Crippen LogP contribution in [-0.4, -0.2) is 59.2 Å². The van der Waals surface area contributed by atoms with E-state index in [1.54, 1.807) is 29.2 Å². The molecule has 1 fully saturated rings. The zero-order valence-corrected chi connectivity index (χ0v) is 22.2. The van der Waals surface area contributed by atoms with E-state index in [2.05, 4.69) is 35.8 Å². The second kappa shape index (κ2) is 12.4. The molecule has 1 saturated heterocycles. The number of halogens is 4. The molecule has 2 aromatic heterocycles. The van der Waals surface area contributed by atoms with Crippen molar-refractivity contribution in [1.29, 1.82) is 0 Å². The second-order valence-corrected chi connectivity index (χ2v) is 9.40. The van der Waals surface area contributed by atoms with Gasteiger partial charge in [-0.1, -0.05) is 19.1 Å². The van der Waals surface area contributed by atoms with Crippen molar-refractivity contribution in [3.8, 4) is 0 Å². The predicted octanol–water partition coefficient (Wildman–Crippen LogP) is 5.58. The Hall–Kier alpha value is -4.39. The molecular weight excluding hydrogens is 540 g/mol. The summed E-state index contributed by atoms with van der Waals surface area (Å²) >= 11 is 0. The minimum absolute atomic E-state index is 0.0204. The number of morpholine rings is 1. The fourth-order valence-corrected chi connectivity index (χ4v) is 4.41. The maximum absolute atomic E-state index is 14.2. The summed E-state index contributed by atoms with van der Waals surface area (Å²) < 4.78 is 61.4. The van der Waals surface area contributed by atoms with Crippen LogP contribution in [0, 0.1) is 5.82 Å². The number of hydrazone groups is 1. The lowest BCUT2D eigenvalue weighted by molar-refractivity contribution is -0.137. The molecule has 13 heteroatoms. The Morgan fingerprint density at radius 2 is 1.90 bits per heavy atom. The van der Waals surface area contributed by atoms with Crippen molar-refractivity contribution < 1.29 is 22.3 Å². The largest absolute Gasteiger partial charge is 0.417 e. The number of aromatic nitrogens is 3. The molecule has 0 spiro atoms. The molecule has 0 bridgehead atoms. The number of aliphatic imine (C=N–C) groups is 1. The van der Waals surface area contributed by atoms with Crippen LogP contribution < -0.4 is 15.6 Å². The van der Waals surface area contributed by atoms with E-state index in [0.717, 1.165) is 25.1 Å². The van der Waals surface area contributed by atoms with E-state index in [4.69, 9.17) is 4.74 Å². The molecule has 2 aliphatic heterocycles. The number of benzene rings is 1. The lowest BCUT2D eigenvalue weighted by Gasteiger charge is -2.27. The minimum atomic E-state index is -4.55. The van der Waals surface area contributed by atoms with Crippen LogP contribution in [0.5, 0.6) is 0 Å². The Kier molecular flexibility index (Phi) is 8.53. The fraction of sp³-hybridized carbons (Fsp3) is 0.321. The molecule has 214 valence electrons. The number of hydrogen-bond acceptors (Lipinski definition) is 9. The van der Waals surface area contributed by atoms with Gasteiger partial charge in [0.25, 0.3) is 0 Å². The molecule has 41 heavy (non-hydrogen) atoms. The van der Waals surface area contributed by atoms with Gasteiger partial charge < -0.3 is 15.0 Å². The minimum Gasteiger partial charge on any atom is -0.378 e. The van der Waals surface area contributed by atoms with Gasteiger partial charge in [-0.25, -0.2) is 14.8 Å². The first-order chi connectivity index (χ1) is 19.8. The number of rotatable bonds is 8. The van der Waals surface area contributed by atoms with Crippen LogP contribution >= 0.6 is 0 Å². The van der Waals surface area contributed by atoms with Crippen molar-refractivity contribution >= 4 is 35.1 Å². The first-order valence-corrected chi connectivity index (χ1v) is 13.1. The van der Waals surface area contributed by atoms with Crippen molar-refractivity contribution in [3.05, 3.63) is 77.5 Å². The zero-order chi connectivity index (χ0) is 28.8. The van der Waals surface area contributed by atoms with Crippen LogP contribution in [0.2, 0.25) is 0 Å². The normalized spacial score (nSPS) is 17.5. The van der Waals surface area contributed by atoms with E-state index < -0.39 is 17.6 Å². The quantitative estimate of drug-likeness (QED) is 0.208. The van der Waals surface area contributed by atoms with Crippen molar-refractivity contribution in [2.75, 3.05) is 41.9 Å². The van der Waals surface area contributed by atoms with Crippen LogP contribution in [0.15, 0.2) is 65.0 Å². The van der Waals surface area contributed by atoms with E-state index >= 15 is 0 Å². The summed E-state index contributed by atoms with van der Waals surface area (Å²) in [6.45, 7) is 3.99. The van der Waals surface area contributed by atoms with Gasteiger partial charge in [0.05, 0.1) is 60.5 Å². The summed E-state index contributed by atoms with van der Waals surface area (Å²) in [7, 11) is 0. The number of nitrogens with zero attached hydrogens (tertiary/aromatic N) is 6. The summed E-state index contributed by atoms with van der Waals surface area (Å²) in [6, 6.07) is 7.39.